The van der Waals surface area contributed by atoms with E-state index in [1.54, 1.807) is 6.20 Å². The summed E-state index contributed by atoms with van der Waals surface area (Å²) < 4.78 is 0.882. The van der Waals surface area contributed by atoms with E-state index in [4.69, 9.17) is 0 Å². The van der Waals surface area contributed by atoms with Crippen molar-refractivity contribution in [3.63, 3.8) is 0 Å². The summed E-state index contributed by atoms with van der Waals surface area (Å²) in [5.41, 5.74) is 0.156. The van der Waals surface area contributed by atoms with E-state index in [1.807, 2.05) is 0 Å². The minimum absolute atomic E-state index is 0.0553. The Morgan fingerprint density at radius 1 is 1.13 bits per heavy atom. The number of thiazole rings is 1. The maximum Gasteiger partial charge on any atom is 0.230 e. The van der Waals surface area contributed by atoms with Crippen molar-refractivity contribution in [1.82, 2.24) is 15.2 Å². The molecule has 6 nitrogen and oxygen atoms in total. The van der Waals surface area contributed by atoms with Crippen molar-refractivity contribution < 1.29 is 9.59 Å². The van der Waals surface area contributed by atoms with Gasteiger partial charge in [-0.25, -0.2) is 4.98 Å². The lowest BCUT2D eigenvalue weighted by molar-refractivity contribution is -0.132. The van der Waals surface area contributed by atoms with Gasteiger partial charge in [-0.15, -0.1) is 0 Å². The number of unbranched alkanes of at least 4 members (excludes halogenated alkanes) is 1. The Labute approximate surface area is 190 Å². The van der Waals surface area contributed by atoms with Crippen LogP contribution in [0.3, 0.4) is 0 Å². The molecular weight excluding hydrogens is 464 g/mol. The number of hydrogen-bond donors (Lipinski definition) is 2. The Bertz CT molecular complexity index is 846. The lowest BCUT2D eigenvalue weighted by Crippen LogP contribution is -2.42. The van der Waals surface area contributed by atoms with Gasteiger partial charge in [0.2, 0.25) is 11.8 Å². The smallest absolute Gasteiger partial charge is 0.230 e. The van der Waals surface area contributed by atoms with Gasteiger partial charge >= 0.3 is 0 Å². The van der Waals surface area contributed by atoms with E-state index in [2.05, 4.69) is 48.6 Å². The SMILES string of the molecule is O=C(NCCCCN1CCCC1)[C@H]1[C@H](C(=O)Nc2ncc(Br)s2)[C@H]2C=C[C@H]1C21CC1. The van der Waals surface area contributed by atoms with Crippen LogP contribution in [0.5, 0.6) is 0 Å². The maximum atomic E-state index is 13.2. The van der Waals surface area contributed by atoms with Crippen LogP contribution in [-0.4, -0.2) is 47.9 Å². The molecule has 3 aliphatic carbocycles. The molecule has 2 amide bonds. The highest BCUT2D eigenvalue weighted by atomic mass is 79.9. The van der Waals surface area contributed by atoms with Crippen molar-refractivity contribution in [2.75, 3.05) is 31.5 Å². The zero-order chi connectivity index (χ0) is 20.7. The zero-order valence-electron chi connectivity index (χ0n) is 17.1. The zero-order valence-corrected chi connectivity index (χ0v) is 19.5. The fourth-order valence-electron chi connectivity index (χ4n) is 6.01. The van der Waals surface area contributed by atoms with E-state index in [0.29, 0.717) is 11.7 Å². The van der Waals surface area contributed by atoms with E-state index in [1.165, 1.54) is 37.3 Å². The number of anilines is 1. The van der Waals surface area contributed by atoms with Crippen LogP contribution in [0.25, 0.3) is 0 Å². The third-order valence-corrected chi connectivity index (χ3v) is 8.95. The first-order valence-corrected chi connectivity index (χ1v) is 12.8. The van der Waals surface area contributed by atoms with E-state index < -0.39 is 0 Å². The number of carbonyl (C=O) groups is 2. The largest absolute Gasteiger partial charge is 0.356 e. The summed E-state index contributed by atoms with van der Waals surface area (Å²) in [5.74, 6) is -0.184. The molecule has 4 aliphatic rings. The molecule has 3 fully saturated rings. The first kappa shape index (κ1) is 20.6. The quantitative estimate of drug-likeness (QED) is 0.428. The van der Waals surface area contributed by atoms with Gasteiger partial charge in [-0.1, -0.05) is 23.5 Å². The number of amides is 2. The first-order chi connectivity index (χ1) is 14.6. The first-order valence-electron chi connectivity index (χ1n) is 11.2. The van der Waals surface area contributed by atoms with Gasteiger partial charge in [-0.2, -0.15) is 0 Å². The lowest BCUT2D eigenvalue weighted by Gasteiger charge is -2.26. The Hall–Kier alpha value is -1.25. The van der Waals surface area contributed by atoms with Crippen molar-refractivity contribution in [2.45, 2.75) is 38.5 Å². The topological polar surface area (TPSA) is 74.3 Å². The molecule has 0 aromatic carbocycles. The summed E-state index contributed by atoms with van der Waals surface area (Å²) >= 11 is 4.79. The number of aromatic nitrogens is 1. The molecule has 4 atom stereocenters. The average Bonchev–Trinajstić information content (AvgIpc) is 3.02. The Morgan fingerprint density at radius 2 is 1.83 bits per heavy atom. The summed E-state index contributed by atoms with van der Waals surface area (Å²) in [7, 11) is 0. The predicted octanol–water partition coefficient (Wildman–Crippen LogP) is 3.66. The van der Waals surface area contributed by atoms with Gasteiger partial charge in [0.05, 0.1) is 21.8 Å². The van der Waals surface area contributed by atoms with Gasteiger partial charge in [0.15, 0.2) is 5.13 Å². The number of carbonyl (C=O) groups excluding carboxylic acids is 2. The molecule has 2 N–H and O–H groups in total. The fourth-order valence-corrected chi connectivity index (χ4v) is 7.12. The number of rotatable bonds is 8. The second-order valence-electron chi connectivity index (χ2n) is 9.23. The Balaban J connectivity index is 1.20. The highest BCUT2D eigenvalue weighted by Gasteiger charge is 2.69. The Kier molecular flexibility index (Phi) is 5.75. The van der Waals surface area contributed by atoms with Gasteiger partial charge in [0.1, 0.15) is 0 Å². The third kappa shape index (κ3) is 3.75. The van der Waals surface area contributed by atoms with Crippen molar-refractivity contribution in [3.05, 3.63) is 22.1 Å². The van der Waals surface area contributed by atoms with Crippen molar-refractivity contribution in [2.24, 2.45) is 29.1 Å². The summed E-state index contributed by atoms with van der Waals surface area (Å²) in [4.78, 5) is 33.1. The van der Waals surface area contributed by atoms with Gasteiger partial charge in [0.25, 0.3) is 0 Å². The van der Waals surface area contributed by atoms with E-state index in [0.717, 1.165) is 36.0 Å². The van der Waals surface area contributed by atoms with E-state index in [9.17, 15) is 9.59 Å². The molecular formula is C22H29BrN4O2S. The molecule has 162 valence electrons. The summed E-state index contributed by atoms with van der Waals surface area (Å²) in [6.07, 6.45) is 13.1. The maximum absolute atomic E-state index is 13.2. The minimum atomic E-state index is -0.297. The number of allylic oxidation sites excluding steroid dienone is 2. The molecule has 2 bridgehead atoms. The van der Waals surface area contributed by atoms with Crippen LogP contribution >= 0.6 is 27.3 Å². The number of nitrogens with zero attached hydrogens (tertiary/aromatic N) is 2. The number of likely N-dealkylation sites (tertiary alicyclic amines) is 1. The molecule has 1 spiro atoms. The molecule has 2 saturated carbocycles. The van der Waals surface area contributed by atoms with Crippen molar-refractivity contribution in [1.29, 1.82) is 0 Å². The average molecular weight is 493 g/mol. The van der Waals surface area contributed by atoms with Crippen molar-refractivity contribution in [3.8, 4) is 0 Å². The van der Waals surface area contributed by atoms with Crippen LogP contribution in [0.2, 0.25) is 0 Å². The molecule has 1 saturated heterocycles. The lowest BCUT2D eigenvalue weighted by atomic mass is 9.81. The predicted molar refractivity (Wildman–Crippen MR) is 121 cm³/mol. The highest BCUT2D eigenvalue weighted by molar-refractivity contribution is 9.11. The molecule has 30 heavy (non-hydrogen) atoms. The molecule has 8 heteroatoms. The minimum Gasteiger partial charge on any atom is -0.356 e. The summed E-state index contributed by atoms with van der Waals surface area (Å²) in [6, 6.07) is 0. The number of halogens is 1. The highest BCUT2D eigenvalue weighted by Crippen LogP contribution is 2.72. The number of hydrogen-bond acceptors (Lipinski definition) is 5. The summed E-state index contributed by atoms with van der Waals surface area (Å²) in [5, 5.41) is 6.72. The summed E-state index contributed by atoms with van der Waals surface area (Å²) in [6.45, 7) is 4.27. The monoisotopic (exact) mass is 492 g/mol. The van der Waals surface area contributed by atoms with E-state index >= 15 is 0 Å². The molecule has 1 aromatic heterocycles. The van der Waals surface area contributed by atoms with Gasteiger partial charge in [-0.05, 0) is 91.3 Å². The van der Waals surface area contributed by atoms with Crippen LogP contribution in [0.4, 0.5) is 5.13 Å². The van der Waals surface area contributed by atoms with Crippen LogP contribution < -0.4 is 10.6 Å². The van der Waals surface area contributed by atoms with Gasteiger partial charge in [0, 0.05) is 6.54 Å². The van der Waals surface area contributed by atoms with Crippen LogP contribution in [0.15, 0.2) is 22.1 Å². The molecule has 0 unspecified atom stereocenters. The molecule has 1 aromatic rings. The number of nitrogens with one attached hydrogen (secondary N) is 2. The molecule has 1 aliphatic heterocycles. The van der Waals surface area contributed by atoms with Crippen LogP contribution in [0.1, 0.15) is 38.5 Å². The fraction of sp³-hybridized carbons (Fsp3) is 0.682. The third-order valence-electron chi connectivity index (χ3n) is 7.55. The second kappa shape index (κ2) is 8.36. The van der Waals surface area contributed by atoms with Crippen LogP contribution in [-0.2, 0) is 9.59 Å². The standard InChI is InChI=1S/C22H29BrN4O2S/c23-16-13-25-21(30-16)26-20(29)18-15-6-5-14(22(15)7-8-22)17(18)19(28)24-9-1-2-10-27-11-3-4-12-27/h5-6,13-15,17-18H,1-4,7-12H2,(H,24,28)(H,25,26,29)/t14-,15-,17-,18-/m1/s1. The molecule has 5 rings (SSSR count). The van der Waals surface area contributed by atoms with Crippen LogP contribution in [0, 0.1) is 29.1 Å². The Morgan fingerprint density at radius 3 is 2.47 bits per heavy atom. The molecule has 0 radical (unpaired) electrons. The van der Waals surface area contributed by atoms with Crippen molar-refractivity contribution >= 4 is 44.2 Å². The van der Waals surface area contributed by atoms with Gasteiger partial charge < -0.3 is 15.5 Å². The van der Waals surface area contributed by atoms with Gasteiger partial charge in [-0.3, -0.25) is 9.59 Å². The normalized spacial score (nSPS) is 30.8. The second-order valence-corrected chi connectivity index (χ2v) is 11.6. The molecule has 2 heterocycles. The van der Waals surface area contributed by atoms with E-state index in [-0.39, 0.29) is 40.9 Å².